The summed E-state index contributed by atoms with van der Waals surface area (Å²) in [6.45, 7) is 0.198. The average Bonchev–Trinajstić information content (AvgIpc) is 3.20. The van der Waals surface area contributed by atoms with Gasteiger partial charge in [0.25, 0.3) is 0 Å². The van der Waals surface area contributed by atoms with E-state index in [9.17, 15) is 4.79 Å². The first-order valence-electron chi connectivity index (χ1n) is 9.49. The summed E-state index contributed by atoms with van der Waals surface area (Å²) in [7, 11) is 0. The van der Waals surface area contributed by atoms with Gasteiger partial charge in [0.2, 0.25) is 0 Å². The van der Waals surface area contributed by atoms with E-state index in [1.165, 1.54) is 6.21 Å². The first-order chi connectivity index (χ1) is 16.2. The number of benzene rings is 3. The number of nitrogens with zero attached hydrogens (tertiary/aromatic N) is 1. The summed E-state index contributed by atoms with van der Waals surface area (Å²) in [5.41, 5.74) is 4.35. The van der Waals surface area contributed by atoms with Crippen molar-refractivity contribution < 1.29 is 13.9 Å². The van der Waals surface area contributed by atoms with E-state index in [1.54, 1.807) is 36.4 Å². The third kappa shape index (κ3) is 5.90. The monoisotopic (exact) mass is 662 g/mol. The molecule has 0 radical (unpaired) electrons. The zero-order valence-corrected chi connectivity index (χ0v) is 23.0. The Kier molecular flexibility index (Phi) is 8.12. The molecule has 0 fully saturated rings. The predicted octanol–water partition coefficient (Wildman–Crippen LogP) is 8.91. The van der Waals surface area contributed by atoms with Crippen LogP contribution in [0.25, 0.3) is 11.0 Å². The second kappa shape index (κ2) is 10.9. The number of hydrazone groups is 1. The number of carbonyl (C=O) groups excluding carboxylic acids is 1. The fraction of sp³-hybridized carbons (Fsp3) is 0.0435. The Bertz CT molecular complexity index is 1420. The number of carbonyl (C=O) groups is 1. The van der Waals surface area contributed by atoms with Gasteiger partial charge in [0.1, 0.15) is 12.2 Å². The molecule has 0 aliphatic carbocycles. The molecule has 174 valence electrons. The largest absolute Gasteiger partial charge is 0.486 e. The van der Waals surface area contributed by atoms with Gasteiger partial charge in [0, 0.05) is 9.86 Å². The molecule has 0 saturated carbocycles. The van der Waals surface area contributed by atoms with E-state index in [1.807, 2.05) is 12.1 Å². The summed E-state index contributed by atoms with van der Waals surface area (Å²) >= 11 is 31.5. The van der Waals surface area contributed by atoms with Crippen molar-refractivity contribution in [3.63, 3.8) is 0 Å². The van der Waals surface area contributed by atoms with E-state index in [4.69, 9.17) is 55.6 Å². The highest BCUT2D eigenvalue weighted by atomic mass is 79.9. The SMILES string of the molecule is O=C(N/N=C\c1cc(Cl)c(OCc2ccc(Cl)c(Cl)c2)c(Cl)c1)c1cc2cc(Br)cc(Br)c2o1. The molecule has 0 bridgehead atoms. The summed E-state index contributed by atoms with van der Waals surface area (Å²) in [6.07, 6.45) is 1.41. The average molecular weight is 666 g/mol. The molecule has 0 aliphatic rings. The maximum Gasteiger partial charge on any atom is 0.307 e. The van der Waals surface area contributed by atoms with Gasteiger partial charge in [-0.05, 0) is 69.5 Å². The highest BCUT2D eigenvalue weighted by Gasteiger charge is 2.15. The van der Waals surface area contributed by atoms with E-state index in [2.05, 4.69) is 42.4 Å². The molecular formula is C23H12Br2Cl4N2O3. The molecule has 34 heavy (non-hydrogen) atoms. The van der Waals surface area contributed by atoms with Crippen LogP contribution < -0.4 is 10.2 Å². The van der Waals surface area contributed by atoms with E-state index < -0.39 is 5.91 Å². The van der Waals surface area contributed by atoms with Gasteiger partial charge in [-0.15, -0.1) is 0 Å². The Hall–Kier alpha value is -1.74. The molecular weight excluding hydrogens is 654 g/mol. The molecule has 1 heterocycles. The van der Waals surface area contributed by atoms with Gasteiger partial charge in [0.05, 0.1) is 30.8 Å². The topological polar surface area (TPSA) is 63.8 Å². The van der Waals surface area contributed by atoms with Crippen molar-refractivity contribution in [3.05, 3.63) is 94.5 Å². The second-order valence-electron chi connectivity index (χ2n) is 6.97. The number of halogens is 6. The van der Waals surface area contributed by atoms with Crippen molar-refractivity contribution >= 4 is 101 Å². The van der Waals surface area contributed by atoms with Gasteiger partial charge < -0.3 is 9.15 Å². The number of hydrogen-bond acceptors (Lipinski definition) is 4. The molecule has 1 N–H and O–H groups in total. The van der Waals surface area contributed by atoms with Crippen LogP contribution in [0.1, 0.15) is 21.7 Å². The third-order valence-corrected chi connectivity index (χ3v) is 6.87. The molecule has 1 aromatic heterocycles. The first-order valence-corrected chi connectivity index (χ1v) is 12.6. The Morgan fingerprint density at radius 1 is 0.971 bits per heavy atom. The fourth-order valence-corrected chi connectivity index (χ4v) is 5.26. The normalized spacial score (nSPS) is 11.4. The lowest BCUT2D eigenvalue weighted by molar-refractivity contribution is 0.0929. The highest BCUT2D eigenvalue weighted by molar-refractivity contribution is 9.11. The van der Waals surface area contributed by atoms with Crippen LogP contribution in [0.3, 0.4) is 0 Å². The van der Waals surface area contributed by atoms with Gasteiger partial charge in [-0.3, -0.25) is 4.79 Å². The predicted molar refractivity (Wildman–Crippen MR) is 144 cm³/mol. The maximum atomic E-state index is 12.4. The van der Waals surface area contributed by atoms with Crippen LogP contribution in [-0.4, -0.2) is 12.1 Å². The van der Waals surface area contributed by atoms with Crippen LogP contribution in [-0.2, 0) is 6.61 Å². The lowest BCUT2D eigenvalue weighted by Crippen LogP contribution is -2.16. The molecule has 3 aromatic carbocycles. The van der Waals surface area contributed by atoms with E-state index in [0.29, 0.717) is 26.9 Å². The number of furan rings is 1. The Morgan fingerprint density at radius 3 is 2.41 bits per heavy atom. The molecule has 11 heteroatoms. The minimum Gasteiger partial charge on any atom is -0.486 e. The number of ether oxygens (including phenoxy) is 1. The minimum atomic E-state index is -0.505. The quantitative estimate of drug-likeness (QED) is 0.165. The summed E-state index contributed by atoms with van der Waals surface area (Å²) in [6, 6.07) is 13.7. The Morgan fingerprint density at radius 2 is 1.71 bits per heavy atom. The summed E-state index contributed by atoms with van der Waals surface area (Å²) < 4.78 is 13.0. The summed E-state index contributed by atoms with van der Waals surface area (Å²) in [5.74, 6) is -0.0723. The van der Waals surface area contributed by atoms with Gasteiger partial charge in [0.15, 0.2) is 11.5 Å². The molecule has 0 atom stereocenters. The van der Waals surface area contributed by atoms with Crippen molar-refractivity contribution in [1.29, 1.82) is 0 Å². The molecule has 0 spiro atoms. The molecule has 4 rings (SSSR count). The number of amides is 1. The van der Waals surface area contributed by atoms with Crippen LogP contribution in [0.2, 0.25) is 20.1 Å². The minimum absolute atomic E-state index is 0.119. The van der Waals surface area contributed by atoms with Crippen molar-refractivity contribution in [2.45, 2.75) is 6.61 Å². The molecule has 0 unspecified atom stereocenters. The van der Waals surface area contributed by atoms with Crippen LogP contribution in [0.15, 0.2) is 67.0 Å². The number of rotatable bonds is 6. The third-order valence-electron chi connectivity index (χ3n) is 4.53. The zero-order chi connectivity index (χ0) is 24.4. The molecule has 0 saturated heterocycles. The first kappa shape index (κ1) is 25.4. The lowest BCUT2D eigenvalue weighted by atomic mass is 10.2. The van der Waals surface area contributed by atoms with Crippen molar-refractivity contribution in [1.82, 2.24) is 5.43 Å². The summed E-state index contributed by atoms with van der Waals surface area (Å²) in [4.78, 5) is 12.4. The van der Waals surface area contributed by atoms with Crippen molar-refractivity contribution in [2.24, 2.45) is 5.10 Å². The lowest BCUT2D eigenvalue weighted by Gasteiger charge is -2.11. The van der Waals surface area contributed by atoms with E-state index in [-0.39, 0.29) is 22.4 Å². The Balaban J connectivity index is 1.42. The highest BCUT2D eigenvalue weighted by Crippen LogP contribution is 2.35. The molecule has 0 aliphatic heterocycles. The van der Waals surface area contributed by atoms with Crippen LogP contribution in [0.5, 0.6) is 5.75 Å². The van der Waals surface area contributed by atoms with Crippen LogP contribution in [0.4, 0.5) is 0 Å². The van der Waals surface area contributed by atoms with Gasteiger partial charge in [-0.25, -0.2) is 5.43 Å². The molecule has 5 nitrogen and oxygen atoms in total. The zero-order valence-electron chi connectivity index (χ0n) is 16.8. The standard InChI is InChI=1S/C23H12Br2Cl4N2O3/c24-14-6-13-7-20(34-21(13)15(25)8-14)23(32)31-30-9-12-4-18(28)22(19(29)5-12)33-10-11-1-2-16(26)17(27)3-11/h1-9H,10H2,(H,31,32)/b30-9-. The maximum absolute atomic E-state index is 12.4. The fourth-order valence-electron chi connectivity index (χ4n) is 2.99. The number of nitrogens with one attached hydrogen (secondary N) is 1. The van der Waals surface area contributed by atoms with Crippen molar-refractivity contribution in [2.75, 3.05) is 0 Å². The van der Waals surface area contributed by atoms with Crippen LogP contribution in [0, 0.1) is 0 Å². The number of fused-ring (bicyclic) bond motifs is 1. The smallest absolute Gasteiger partial charge is 0.307 e. The van der Waals surface area contributed by atoms with Gasteiger partial charge in [-0.1, -0.05) is 68.4 Å². The van der Waals surface area contributed by atoms with E-state index in [0.717, 1.165) is 19.9 Å². The second-order valence-corrected chi connectivity index (χ2v) is 10.4. The van der Waals surface area contributed by atoms with Crippen LogP contribution >= 0.6 is 78.3 Å². The molecule has 4 aromatic rings. The number of hydrogen-bond donors (Lipinski definition) is 1. The van der Waals surface area contributed by atoms with Crippen molar-refractivity contribution in [3.8, 4) is 5.75 Å². The van der Waals surface area contributed by atoms with E-state index >= 15 is 0 Å². The van der Waals surface area contributed by atoms with Gasteiger partial charge in [-0.2, -0.15) is 5.10 Å². The van der Waals surface area contributed by atoms with Gasteiger partial charge >= 0.3 is 5.91 Å². The summed E-state index contributed by atoms with van der Waals surface area (Å²) in [5, 5.41) is 6.18. The Labute approximate surface area is 231 Å². The molecule has 1 amide bonds.